The first-order chi connectivity index (χ1) is 10.5. The van der Waals surface area contributed by atoms with Crippen LogP contribution in [-0.2, 0) is 4.74 Å². The Hall–Kier alpha value is -2.14. The van der Waals surface area contributed by atoms with Crippen LogP contribution >= 0.6 is 0 Å². The first kappa shape index (κ1) is 14.8. The van der Waals surface area contributed by atoms with E-state index in [9.17, 15) is 4.79 Å². The van der Waals surface area contributed by atoms with Crippen molar-refractivity contribution in [2.24, 2.45) is 0 Å². The number of benzene rings is 1. The van der Waals surface area contributed by atoms with Gasteiger partial charge >= 0.3 is 0 Å². The molecule has 116 valence electrons. The molecule has 1 atom stereocenters. The molecule has 1 unspecified atom stereocenters. The number of carbonyl (C=O) groups is 1. The second-order valence-electron chi connectivity index (χ2n) is 6.28. The van der Waals surface area contributed by atoms with Crippen LogP contribution in [0.1, 0.15) is 37.0 Å². The number of rotatable bonds is 3. The Morgan fingerprint density at radius 1 is 1.36 bits per heavy atom. The summed E-state index contributed by atoms with van der Waals surface area (Å²) in [5, 5.41) is 7.34. The Balaban J connectivity index is 1.67. The summed E-state index contributed by atoms with van der Waals surface area (Å²) in [6.07, 6.45) is 5.04. The Morgan fingerprint density at radius 2 is 2.14 bits per heavy atom. The molecular formula is C17H21N3O2. The summed E-state index contributed by atoms with van der Waals surface area (Å²) in [6.45, 7) is 4.79. The molecule has 2 aromatic rings. The SMILES string of the molecule is CC1(C)CC(NC(=O)c2cnn(-c3ccccc3)c2)CCO1. The number of nitrogens with one attached hydrogen (secondary N) is 1. The van der Waals surface area contributed by atoms with Crippen molar-refractivity contribution in [2.45, 2.75) is 38.3 Å². The molecule has 1 aliphatic rings. The van der Waals surface area contributed by atoms with Gasteiger partial charge in [-0.2, -0.15) is 5.10 Å². The van der Waals surface area contributed by atoms with Crippen LogP contribution in [0.3, 0.4) is 0 Å². The lowest BCUT2D eigenvalue weighted by Crippen LogP contribution is -2.45. The van der Waals surface area contributed by atoms with E-state index >= 15 is 0 Å². The summed E-state index contributed by atoms with van der Waals surface area (Å²) in [5.74, 6) is -0.0788. The molecule has 1 aromatic carbocycles. The highest BCUT2D eigenvalue weighted by Crippen LogP contribution is 2.24. The van der Waals surface area contributed by atoms with Gasteiger partial charge in [0.2, 0.25) is 0 Å². The first-order valence-electron chi connectivity index (χ1n) is 7.58. The number of hydrogen-bond donors (Lipinski definition) is 1. The summed E-state index contributed by atoms with van der Waals surface area (Å²) < 4.78 is 7.39. The maximum atomic E-state index is 12.4. The van der Waals surface area contributed by atoms with Crippen molar-refractivity contribution in [1.29, 1.82) is 0 Å². The van der Waals surface area contributed by atoms with Gasteiger partial charge in [-0.05, 0) is 38.8 Å². The molecule has 1 aromatic heterocycles. The lowest BCUT2D eigenvalue weighted by Gasteiger charge is -2.35. The average molecular weight is 299 g/mol. The van der Waals surface area contributed by atoms with E-state index in [0.29, 0.717) is 12.2 Å². The van der Waals surface area contributed by atoms with Crippen LogP contribution in [0, 0.1) is 0 Å². The predicted octanol–water partition coefficient (Wildman–Crippen LogP) is 2.56. The smallest absolute Gasteiger partial charge is 0.254 e. The van der Waals surface area contributed by atoms with Crippen LogP contribution in [0.2, 0.25) is 0 Å². The van der Waals surface area contributed by atoms with Gasteiger partial charge in [0.1, 0.15) is 0 Å². The molecule has 1 saturated heterocycles. The molecule has 1 amide bonds. The molecule has 1 aliphatic heterocycles. The Labute approximate surface area is 130 Å². The minimum absolute atomic E-state index is 0.0788. The van der Waals surface area contributed by atoms with E-state index in [-0.39, 0.29) is 17.6 Å². The topological polar surface area (TPSA) is 56.2 Å². The molecular weight excluding hydrogens is 278 g/mol. The van der Waals surface area contributed by atoms with E-state index in [4.69, 9.17) is 4.74 Å². The van der Waals surface area contributed by atoms with E-state index in [1.807, 2.05) is 30.3 Å². The Kier molecular flexibility index (Phi) is 3.98. The van der Waals surface area contributed by atoms with E-state index in [1.54, 1.807) is 17.1 Å². The summed E-state index contributed by atoms with van der Waals surface area (Å²) in [5.41, 5.74) is 1.34. The molecule has 5 heteroatoms. The van der Waals surface area contributed by atoms with E-state index in [2.05, 4.69) is 24.3 Å². The van der Waals surface area contributed by atoms with Gasteiger partial charge in [-0.15, -0.1) is 0 Å². The van der Waals surface area contributed by atoms with Crippen molar-refractivity contribution >= 4 is 5.91 Å². The summed E-state index contributed by atoms with van der Waals surface area (Å²) in [7, 11) is 0. The van der Waals surface area contributed by atoms with Gasteiger partial charge < -0.3 is 10.1 Å². The minimum atomic E-state index is -0.176. The van der Waals surface area contributed by atoms with Gasteiger partial charge in [0, 0.05) is 18.8 Å². The van der Waals surface area contributed by atoms with Crippen LogP contribution in [0.15, 0.2) is 42.7 Å². The van der Waals surface area contributed by atoms with Crippen LogP contribution in [0.5, 0.6) is 0 Å². The second-order valence-corrected chi connectivity index (χ2v) is 6.28. The van der Waals surface area contributed by atoms with Crippen molar-refractivity contribution < 1.29 is 9.53 Å². The average Bonchev–Trinajstić information content (AvgIpc) is 2.97. The zero-order valence-corrected chi connectivity index (χ0v) is 13.0. The van der Waals surface area contributed by atoms with Crippen molar-refractivity contribution in [1.82, 2.24) is 15.1 Å². The fourth-order valence-electron chi connectivity index (χ4n) is 2.79. The number of carbonyl (C=O) groups excluding carboxylic acids is 1. The van der Waals surface area contributed by atoms with Crippen molar-refractivity contribution in [3.63, 3.8) is 0 Å². The largest absolute Gasteiger partial charge is 0.375 e. The third kappa shape index (κ3) is 3.36. The number of ether oxygens (including phenoxy) is 1. The third-order valence-corrected chi connectivity index (χ3v) is 3.90. The lowest BCUT2D eigenvalue weighted by molar-refractivity contribution is -0.0615. The normalized spacial score (nSPS) is 20.5. The van der Waals surface area contributed by atoms with Crippen LogP contribution < -0.4 is 5.32 Å². The van der Waals surface area contributed by atoms with E-state index in [0.717, 1.165) is 18.5 Å². The van der Waals surface area contributed by atoms with Gasteiger partial charge in [-0.25, -0.2) is 4.68 Å². The highest BCUT2D eigenvalue weighted by Gasteiger charge is 2.29. The highest BCUT2D eigenvalue weighted by molar-refractivity contribution is 5.94. The fraction of sp³-hybridized carbons (Fsp3) is 0.412. The monoisotopic (exact) mass is 299 g/mol. The molecule has 2 heterocycles. The highest BCUT2D eigenvalue weighted by atomic mass is 16.5. The van der Waals surface area contributed by atoms with Gasteiger partial charge in [0.25, 0.3) is 5.91 Å². The fourth-order valence-corrected chi connectivity index (χ4v) is 2.79. The number of hydrogen-bond acceptors (Lipinski definition) is 3. The number of amides is 1. The zero-order chi connectivity index (χ0) is 15.6. The van der Waals surface area contributed by atoms with Gasteiger partial charge in [0.15, 0.2) is 0 Å². The zero-order valence-electron chi connectivity index (χ0n) is 13.0. The van der Waals surface area contributed by atoms with Crippen LogP contribution in [0.4, 0.5) is 0 Å². The molecule has 0 spiro atoms. The molecule has 1 N–H and O–H groups in total. The van der Waals surface area contributed by atoms with E-state index in [1.165, 1.54) is 0 Å². The number of para-hydroxylation sites is 1. The van der Waals surface area contributed by atoms with Gasteiger partial charge in [-0.1, -0.05) is 18.2 Å². The quantitative estimate of drug-likeness (QED) is 0.947. The van der Waals surface area contributed by atoms with Crippen molar-refractivity contribution in [3.8, 4) is 5.69 Å². The maximum Gasteiger partial charge on any atom is 0.254 e. The first-order valence-corrected chi connectivity index (χ1v) is 7.58. The molecule has 0 saturated carbocycles. The van der Waals surface area contributed by atoms with Gasteiger partial charge in [0.05, 0.1) is 23.0 Å². The standard InChI is InChI=1S/C17H21N3O2/c1-17(2)10-14(8-9-22-17)19-16(21)13-11-18-20(12-13)15-6-4-3-5-7-15/h3-7,11-12,14H,8-10H2,1-2H3,(H,19,21). The Morgan fingerprint density at radius 3 is 2.86 bits per heavy atom. The van der Waals surface area contributed by atoms with Gasteiger partial charge in [-0.3, -0.25) is 4.79 Å². The Bertz CT molecular complexity index is 649. The van der Waals surface area contributed by atoms with Crippen molar-refractivity contribution in [2.75, 3.05) is 6.61 Å². The molecule has 1 fully saturated rings. The maximum absolute atomic E-state index is 12.4. The lowest BCUT2D eigenvalue weighted by atomic mass is 9.94. The number of nitrogens with zero attached hydrogens (tertiary/aromatic N) is 2. The molecule has 5 nitrogen and oxygen atoms in total. The molecule has 0 bridgehead atoms. The summed E-state index contributed by atoms with van der Waals surface area (Å²) >= 11 is 0. The molecule has 0 radical (unpaired) electrons. The van der Waals surface area contributed by atoms with Crippen molar-refractivity contribution in [3.05, 3.63) is 48.3 Å². The minimum Gasteiger partial charge on any atom is -0.375 e. The van der Waals surface area contributed by atoms with E-state index < -0.39 is 0 Å². The van der Waals surface area contributed by atoms with Crippen LogP contribution in [0.25, 0.3) is 5.69 Å². The molecule has 0 aliphatic carbocycles. The van der Waals surface area contributed by atoms with Crippen LogP contribution in [-0.4, -0.2) is 33.9 Å². The summed E-state index contributed by atoms with van der Waals surface area (Å²) in [4.78, 5) is 12.4. The molecule has 3 rings (SSSR count). The number of aromatic nitrogens is 2. The predicted molar refractivity (Wildman–Crippen MR) is 84.1 cm³/mol. The second kappa shape index (κ2) is 5.93. The third-order valence-electron chi connectivity index (χ3n) is 3.90. The molecule has 22 heavy (non-hydrogen) atoms. The summed E-state index contributed by atoms with van der Waals surface area (Å²) in [6, 6.07) is 9.90.